The lowest BCUT2D eigenvalue weighted by Crippen LogP contribution is -1.92. The molecule has 0 saturated carbocycles. The first kappa shape index (κ1) is 48.2. The second-order valence-electron chi connectivity index (χ2n) is 22.9. The Kier molecular flexibility index (Phi) is 10.7. The van der Waals surface area contributed by atoms with E-state index < -0.39 is 0 Å². The van der Waals surface area contributed by atoms with Crippen LogP contribution in [0.25, 0.3) is 186 Å². The predicted octanol–water partition coefficient (Wildman–Crippen LogP) is 24.1. The van der Waals surface area contributed by atoms with Crippen LogP contribution in [0.1, 0.15) is 0 Å². The first-order valence-electron chi connectivity index (χ1n) is 29.6. The van der Waals surface area contributed by atoms with Gasteiger partial charge >= 0.3 is 0 Å². The molecule has 2 nitrogen and oxygen atoms in total. The van der Waals surface area contributed by atoms with Crippen LogP contribution < -0.4 is 0 Å². The SMILES string of the molecule is c1cc(-c2ccc(-c3c4ccccc4c(-c4ccc5oc6ccccc6c5c4)c4ccccc34)cc2)c2cc(-c3ccc(-c4cc(-c5c6ccccc6c(-c6ccc7oc8ccccc8c7c6)c6ccccc56)c5ccccc5c4)cc3)ccc2c1. The second kappa shape index (κ2) is 19.1. The summed E-state index contributed by atoms with van der Waals surface area (Å²) in [6.07, 6.45) is 0. The zero-order chi connectivity index (χ0) is 56.4. The van der Waals surface area contributed by atoms with E-state index in [1.807, 2.05) is 18.2 Å². The van der Waals surface area contributed by atoms with Crippen LogP contribution in [0.4, 0.5) is 0 Å². The second-order valence-corrected chi connectivity index (χ2v) is 22.9. The Balaban J connectivity index is 0.704. The molecule has 0 N–H and O–H groups in total. The number of rotatable bonds is 7. The van der Waals surface area contributed by atoms with Gasteiger partial charge in [0.05, 0.1) is 0 Å². The minimum atomic E-state index is 0.901. The minimum absolute atomic E-state index is 0.901. The van der Waals surface area contributed by atoms with Gasteiger partial charge in [-0.25, -0.2) is 0 Å². The summed E-state index contributed by atoms with van der Waals surface area (Å²) in [6, 6.07) is 111. The molecule has 0 aliphatic carbocycles. The average Bonchev–Trinajstić information content (AvgIpc) is 1.47. The number of para-hydroxylation sites is 2. The topological polar surface area (TPSA) is 26.3 Å². The molecule has 0 amide bonds. The molecule has 398 valence electrons. The van der Waals surface area contributed by atoms with Crippen molar-refractivity contribution in [2.24, 2.45) is 0 Å². The largest absolute Gasteiger partial charge is 0.456 e. The predicted molar refractivity (Wildman–Crippen MR) is 364 cm³/mol. The van der Waals surface area contributed by atoms with Gasteiger partial charge in [0.1, 0.15) is 22.3 Å². The summed E-state index contributed by atoms with van der Waals surface area (Å²) in [5.41, 5.74) is 20.5. The van der Waals surface area contributed by atoms with Gasteiger partial charge in [-0.05, 0) is 197 Å². The smallest absolute Gasteiger partial charge is 0.135 e. The summed E-state index contributed by atoms with van der Waals surface area (Å²) in [5.74, 6) is 0. The molecule has 0 aliphatic heterocycles. The summed E-state index contributed by atoms with van der Waals surface area (Å²) in [5, 5.41) is 19.2. The molecule has 0 atom stereocenters. The van der Waals surface area contributed by atoms with Crippen molar-refractivity contribution >= 4 is 109 Å². The number of hydrogen-bond donors (Lipinski definition) is 0. The van der Waals surface area contributed by atoms with E-state index in [9.17, 15) is 0 Å². The number of hydrogen-bond acceptors (Lipinski definition) is 2. The third-order valence-corrected chi connectivity index (χ3v) is 18.2. The van der Waals surface area contributed by atoms with Crippen molar-refractivity contribution in [2.45, 2.75) is 0 Å². The minimum Gasteiger partial charge on any atom is -0.456 e. The molecule has 18 aromatic rings. The van der Waals surface area contributed by atoms with E-state index in [0.717, 1.165) is 43.9 Å². The van der Waals surface area contributed by atoms with Crippen molar-refractivity contribution in [2.75, 3.05) is 0 Å². The van der Waals surface area contributed by atoms with Crippen LogP contribution in [0.15, 0.2) is 312 Å². The maximum absolute atomic E-state index is 6.30. The zero-order valence-electron chi connectivity index (χ0n) is 46.7. The molecule has 0 radical (unpaired) electrons. The number of benzene rings is 16. The maximum Gasteiger partial charge on any atom is 0.135 e. The Hall–Kier alpha value is -11.3. The summed E-state index contributed by atoms with van der Waals surface area (Å²) in [7, 11) is 0. The van der Waals surface area contributed by atoms with Crippen LogP contribution in [0, 0.1) is 0 Å². The van der Waals surface area contributed by atoms with Crippen LogP contribution in [0.3, 0.4) is 0 Å². The van der Waals surface area contributed by atoms with Gasteiger partial charge < -0.3 is 8.83 Å². The number of furan rings is 2. The van der Waals surface area contributed by atoms with E-state index in [1.54, 1.807) is 0 Å². The molecule has 0 spiro atoms. The summed E-state index contributed by atoms with van der Waals surface area (Å²) < 4.78 is 12.6. The highest BCUT2D eigenvalue weighted by Gasteiger charge is 2.22. The fraction of sp³-hybridized carbons (Fsp3) is 0. The van der Waals surface area contributed by atoms with Crippen molar-refractivity contribution in [3.8, 4) is 77.9 Å². The van der Waals surface area contributed by atoms with Gasteiger partial charge in [-0.1, -0.05) is 249 Å². The van der Waals surface area contributed by atoms with Gasteiger partial charge in [0.25, 0.3) is 0 Å². The van der Waals surface area contributed by atoms with Crippen molar-refractivity contribution in [1.29, 1.82) is 0 Å². The Morgan fingerprint density at radius 1 is 0.151 bits per heavy atom. The van der Waals surface area contributed by atoms with Crippen LogP contribution in [0.5, 0.6) is 0 Å². The lowest BCUT2D eigenvalue weighted by Gasteiger charge is -2.20. The fourth-order valence-electron chi connectivity index (χ4n) is 14.3. The normalized spacial score (nSPS) is 12.0. The number of fused-ring (bicyclic) bond motifs is 12. The first-order valence-corrected chi connectivity index (χ1v) is 29.6. The van der Waals surface area contributed by atoms with Gasteiger partial charge in [-0.15, -0.1) is 0 Å². The molecule has 86 heavy (non-hydrogen) atoms. The van der Waals surface area contributed by atoms with E-state index in [4.69, 9.17) is 8.83 Å². The van der Waals surface area contributed by atoms with Gasteiger partial charge in [-0.2, -0.15) is 0 Å². The van der Waals surface area contributed by atoms with Gasteiger partial charge in [0.15, 0.2) is 0 Å². The van der Waals surface area contributed by atoms with E-state index in [0.29, 0.717) is 0 Å². The molecule has 2 heteroatoms. The standard InChI is InChI=1S/C84H50O2/c1-2-18-62-57(16-1)46-60(50-76(62)84-71-27-9-7-25-69(71)83(70-26-8-10-28-72(70)84)59-43-45-80-75(49-59)64-20-12-14-31-78(64)86-80)52-34-32-51(33-35-52)56-41-38-53-17-15-29-61(73(53)47-56)54-36-39-55(40-37-54)81-65-21-3-5-23-67(65)82(68-24-6-4-22-66(68)81)58-42-44-79-74(48-58)63-19-11-13-30-77(63)85-79/h1-50H. The average molecular weight is 1090 g/mol. The van der Waals surface area contributed by atoms with Crippen molar-refractivity contribution in [3.63, 3.8) is 0 Å². The molecule has 2 heterocycles. The highest BCUT2D eigenvalue weighted by atomic mass is 16.3. The Labute approximate surface area is 495 Å². The zero-order valence-corrected chi connectivity index (χ0v) is 46.7. The lowest BCUT2D eigenvalue weighted by atomic mass is 9.83. The van der Waals surface area contributed by atoms with E-state index in [1.165, 1.54) is 143 Å². The van der Waals surface area contributed by atoms with Crippen molar-refractivity contribution in [1.82, 2.24) is 0 Å². The third-order valence-electron chi connectivity index (χ3n) is 18.2. The molecule has 18 rings (SSSR count). The van der Waals surface area contributed by atoms with Crippen LogP contribution in [-0.2, 0) is 0 Å². The van der Waals surface area contributed by atoms with E-state index >= 15 is 0 Å². The monoisotopic (exact) mass is 1090 g/mol. The quantitative estimate of drug-likeness (QED) is 0.149. The lowest BCUT2D eigenvalue weighted by molar-refractivity contribution is 0.668. The Morgan fingerprint density at radius 3 is 1.03 bits per heavy atom. The highest BCUT2D eigenvalue weighted by Crippen LogP contribution is 2.49. The maximum atomic E-state index is 6.30. The molecule has 0 fully saturated rings. The molecule has 0 unspecified atom stereocenters. The third kappa shape index (κ3) is 7.53. The molecule has 0 saturated heterocycles. The van der Waals surface area contributed by atoms with Gasteiger partial charge in [0.2, 0.25) is 0 Å². The van der Waals surface area contributed by atoms with Gasteiger partial charge in [-0.3, -0.25) is 0 Å². The molecular weight excluding hydrogens is 1040 g/mol. The van der Waals surface area contributed by atoms with Crippen molar-refractivity contribution < 1.29 is 8.83 Å². The fourth-order valence-corrected chi connectivity index (χ4v) is 14.3. The summed E-state index contributed by atoms with van der Waals surface area (Å²) >= 11 is 0. The summed E-state index contributed by atoms with van der Waals surface area (Å²) in [6.45, 7) is 0. The van der Waals surface area contributed by atoms with Crippen LogP contribution >= 0.6 is 0 Å². The highest BCUT2D eigenvalue weighted by molar-refractivity contribution is 6.25. The van der Waals surface area contributed by atoms with E-state index in [-0.39, 0.29) is 0 Å². The summed E-state index contributed by atoms with van der Waals surface area (Å²) in [4.78, 5) is 0. The van der Waals surface area contributed by atoms with Crippen LogP contribution in [0.2, 0.25) is 0 Å². The molecule has 2 aromatic heterocycles. The molecule has 0 aliphatic rings. The van der Waals surface area contributed by atoms with E-state index in [2.05, 4.69) is 285 Å². The Bertz CT molecular complexity index is 5700. The first-order chi connectivity index (χ1) is 42.6. The Morgan fingerprint density at radius 2 is 0.512 bits per heavy atom. The van der Waals surface area contributed by atoms with Gasteiger partial charge in [0, 0.05) is 21.5 Å². The molecular formula is C84H50O2. The van der Waals surface area contributed by atoms with Crippen LogP contribution in [-0.4, -0.2) is 0 Å². The molecule has 16 aromatic carbocycles. The van der Waals surface area contributed by atoms with Crippen molar-refractivity contribution in [3.05, 3.63) is 303 Å². The molecule has 0 bridgehead atoms.